The smallest absolute Gasteiger partial charge is 0.269 e. The molecule has 2 aromatic rings. The minimum Gasteiger partial charge on any atom is -0.494 e. The first-order valence-electron chi connectivity index (χ1n) is 9.77. The normalized spacial score (nSPS) is 10.3. The van der Waals surface area contributed by atoms with Crippen molar-refractivity contribution in [3.63, 3.8) is 0 Å². The monoisotopic (exact) mass is 429 g/mol. The Labute approximate surface area is 182 Å². The highest BCUT2D eigenvalue weighted by molar-refractivity contribution is 7.80. The number of rotatable bonds is 8. The van der Waals surface area contributed by atoms with Gasteiger partial charge in [0.1, 0.15) is 11.5 Å². The van der Waals surface area contributed by atoms with Crippen molar-refractivity contribution in [3.8, 4) is 11.5 Å². The number of thiocarbonyl (C=S) groups is 1. The van der Waals surface area contributed by atoms with Crippen LogP contribution in [0.15, 0.2) is 48.5 Å². The van der Waals surface area contributed by atoms with Crippen LogP contribution in [0.2, 0.25) is 0 Å². The minimum absolute atomic E-state index is 0.0340. The molecule has 0 aromatic heterocycles. The van der Waals surface area contributed by atoms with Crippen LogP contribution in [0, 0.1) is 5.92 Å². The number of nitrogens with one attached hydrogen (secondary N) is 3. The fraction of sp³-hybridized carbons (Fsp3) is 0.318. The maximum absolute atomic E-state index is 12.4. The Hall–Kier alpha value is -3.13. The van der Waals surface area contributed by atoms with E-state index in [-0.39, 0.29) is 5.11 Å². The summed E-state index contributed by atoms with van der Waals surface area (Å²) in [6, 6.07) is 13.6. The number of hydrogen-bond donors (Lipinski definition) is 3. The number of ether oxygens (including phenoxy) is 2. The van der Waals surface area contributed by atoms with Gasteiger partial charge in [-0.15, -0.1) is 0 Å². The summed E-state index contributed by atoms with van der Waals surface area (Å²) in [7, 11) is 0. The van der Waals surface area contributed by atoms with Crippen molar-refractivity contribution in [3.05, 3.63) is 59.7 Å². The summed E-state index contributed by atoms with van der Waals surface area (Å²) in [4.78, 5) is 24.6. The molecule has 2 amide bonds. The molecule has 0 fully saturated rings. The predicted molar refractivity (Wildman–Crippen MR) is 120 cm³/mol. The predicted octanol–water partition coefficient (Wildman–Crippen LogP) is 3.46. The molecule has 3 N–H and O–H groups in total. The van der Waals surface area contributed by atoms with E-state index in [1.165, 1.54) is 0 Å². The van der Waals surface area contributed by atoms with E-state index in [1.807, 2.05) is 6.92 Å². The minimum atomic E-state index is -0.436. The zero-order valence-corrected chi connectivity index (χ0v) is 18.2. The number of amides is 2. The van der Waals surface area contributed by atoms with Crippen molar-refractivity contribution in [2.75, 3.05) is 13.2 Å². The van der Waals surface area contributed by atoms with Gasteiger partial charge in [-0.25, -0.2) is 0 Å². The zero-order chi connectivity index (χ0) is 21.9. The fourth-order valence-corrected chi connectivity index (χ4v) is 2.58. The third kappa shape index (κ3) is 7.36. The van der Waals surface area contributed by atoms with Crippen LogP contribution in [-0.4, -0.2) is 30.1 Å². The lowest BCUT2D eigenvalue weighted by Gasteiger charge is -2.13. The average Bonchev–Trinajstić information content (AvgIpc) is 2.73. The molecule has 2 aromatic carbocycles. The van der Waals surface area contributed by atoms with Crippen molar-refractivity contribution in [1.82, 2.24) is 16.2 Å². The Morgan fingerprint density at radius 3 is 2.33 bits per heavy atom. The Bertz CT molecular complexity index is 869. The summed E-state index contributed by atoms with van der Waals surface area (Å²) in [6.07, 6.45) is 0.963. The quantitative estimate of drug-likeness (QED) is 0.440. The molecule has 0 aliphatic rings. The van der Waals surface area contributed by atoms with Crippen LogP contribution in [0.5, 0.6) is 11.5 Å². The molecule has 0 saturated heterocycles. The summed E-state index contributed by atoms with van der Waals surface area (Å²) in [6.45, 7) is 7.17. The van der Waals surface area contributed by atoms with E-state index in [0.29, 0.717) is 41.8 Å². The lowest BCUT2D eigenvalue weighted by Crippen LogP contribution is -2.48. The zero-order valence-electron chi connectivity index (χ0n) is 17.4. The Balaban J connectivity index is 1.83. The van der Waals surface area contributed by atoms with Gasteiger partial charge in [0, 0.05) is 5.56 Å². The van der Waals surface area contributed by atoms with Crippen molar-refractivity contribution < 1.29 is 19.1 Å². The van der Waals surface area contributed by atoms with Gasteiger partial charge >= 0.3 is 0 Å². The molecule has 0 heterocycles. The maximum atomic E-state index is 12.4. The lowest BCUT2D eigenvalue weighted by atomic mass is 10.1. The van der Waals surface area contributed by atoms with E-state index in [9.17, 15) is 9.59 Å². The summed E-state index contributed by atoms with van der Waals surface area (Å²) < 4.78 is 11.1. The molecular formula is C22H27N3O4S. The molecule has 8 heteroatoms. The van der Waals surface area contributed by atoms with Gasteiger partial charge in [-0.05, 0) is 67.9 Å². The van der Waals surface area contributed by atoms with Crippen molar-refractivity contribution >= 4 is 29.1 Å². The molecule has 0 unspecified atom stereocenters. The van der Waals surface area contributed by atoms with Crippen LogP contribution >= 0.6 is 12.2 Å². The largest absolute Gasteiger partial charge is 0.494 e. The number of carbonyl (C=O) groups excluding carboxylic acids is 2. The SMILES string of the molecule is CCOc1ccccc1C(=O)NC(=S)NNC(=O)c1ccc(OCCC(C)C)cc1. The molecule has 0 aliphatic heterocycles. The van der Waals surface area contributed by atoms with Gasteiger partial charge in [0.25, 0.3) is 11.8 Å². The highest BCUT2D eigenvalue weighted by Crippen LogP contribution is 2.17. The molecule has 0 bridgehead atoms. The molecule has 0 spiro atoms. The molecule has 30 heavy (non-hydrogen) atoms. The number of benzene rings is 2. The number of para-hydroxylation sites is 1. The van der Waals surface area contributed by atoms with Crippen molar-refractivity contribution in [1.29, 1.82) is 0 Å². The third-order valence-corrected chi connectivity index (χ3v) is 4.23. The van der Waals surface area contributed by atoms with Gasteiger partial charge < -0.3 is 9.47 Å². The molecule has 7 nitrogen and oxygen atoms in total. The van der Waals surface area contributed by atoms with E-state index >= 15 is 0 Å². The average molecular weight is 430 g/mol. The van der Waals surface area contributed by atoms with Crippen LogP contribution < -0.4 is 25.6 Å². The van der Waals surface area contributed by atoms with Crippen LogP contribution in [-0.2, 0) is 0 Å². The second kappa shape index (κ2) is 11.8. The van der Waals surface area contributed by atoms with Gasteiger partial charge in [0.2, 0.25) is 0 Å². The highest BCUT2D eigenvalue weighted by Gasteiger charge is 2.14. The Kier molecular flexibility index (Phi) is 9.08. The van der Waals surface area contributed by atoms with E-state index in [4.69, 9.17) is 21.7 Å². The Morgan fingerprint density at radius 2 is 1.67 bits per heavy atom. The maximum Gasteiger partial charge on any atom is 0.269 e. The topological polar surface area (TPSA) is 88.7 Å². The van der Waals surface area contributed by atoms with Crippen LogP contribution in [0.25, 0.3) is 0 Å². The van der Waals surface area contributed by atoms with Gasteiger partial charge in [-0.3, -0.25) is 25.8 Å². The second-order valence-corrected chi connectivity index (χ2v) is 7.26. The third-order valence-electron chi connectivity index (χ3n) is 4.03. The first-order valence-corrected chi connectivity index (χ1v) is 10.2. The van der Waals surface area contributed by atoms with Gasteiger partial charge in [0.15, 0.2) is 5.11 Å². The summed E-state index contributed by atoms with van der Waals surface area (Å²) >= 11 is 5.08. The van der Waals surface area contributed by atoms with Crippen molar-refractivity contribution in [2.45, 2.75) is 27.2 Å². The van der Waals surface area contributed by atoms with E-state index in [2.05, 4.69) is 30.0 Å². The first kappa shape index (κ1) is 23.2. The lowest BCUT2D eigenvalue weighted by molar-refractivity contribution is 0.0933. The fourth-order valence-electron chi connectivity index (χ4n) is 2.44. The molecular weight excluding hydrogens is 402 g/mol. The molecule has 0 radical (unpaired) electrons. The standard InChI is InChI=1S/C22H27N3O4S/c1-4-28-19-8-6-5-7-18(19)21(27)23-22(30)25-24-20(26)16-9-11-17(12-10-16)29-14-13-15(2)3/h5-12,15H,4,13-14H2,1-3H3,(H,24,26)(H2,23,25,27,30). The van der Waals surface area contributed by atoms with Crippen molar-refractivity contribution in [2.24, 2.45) is 5.92 Å². The van der Waals surface area contributed by atoms with Gasteiger partial charge in [-0.1, -0.05) is 26.0 Å². The van der Waals surface area contributed by atoms with Gasteiger partial charge in [0.05, 0.1) is 18.8 Å². The summed E-state index contributed by atoms with van der Waals surface area (Å²) in [5.74, 6) is 0.901. The van der Waals surface area contributed by atoms with Crippen LogP contribution in [0.1, 0.15) is 47.9 Å². The molecule has 0 saturated carbocycles. The van der Waals surface area contributed by atoms with Gasteiger partial charge in [-0.2, -0.15) is 0 Å². The number of carbonyl (C=O) groups is 2. The molecule has 160 valence electrons. The number of hydrogen-bond acceptors (Lipinski definition) is 5. The first-order chi connectivity index (χ1) is 14.4. The summed E-state index contributed by atoms with van der Waals surface area (Å²) in [5, 5.41) is 2.48. The Morgan fingerprint density at radius 1 is 0.967 bits per heavy atom. The van der Waals surface area contributed by atoms with Crippen LogP contribution in [0.4, 0.5) is 0 Å². The molecule has 2 rings (SSSR count). The molecule has 0 atom stereocenters. The van der Waals surface area contributed by atoms with E-state index in [1.54, 1.807) is 48.5 Å². The number of hydrazine groups is 1. The molecule has 0 aliphatic carbocycles. The summed E-state index contributed by atoms with van der Waals surface area (Å²) in [5.41, 5.74) is 5.75. The van der Waals surface area contributed by atoms with E-state index in [0.717, 1.165) is 6.42 Å². The van der Waals surface area contributed by atoms with Crippen LogP contribution in [0.3, 0.4) is 0 Å². The second-order valence-electron chi connectivity index (χ2n) is 6.85. The highest BCUT2D eigenvalue weighted by atomic mass is 32.1. The van der Waals surface area contributed by atoms with E-state index < -0.39 is 11.8 Å².